The Balaban J connectivity index is 1.41. The summed E-state index contributed by atoms with van der Waals surface area (Å²) in [5, 5.41) is 13.3. The number of nitrogens with zero attached hydrogens (tertiary/aromatic N) is 4. The standard InChI is InChI=1S/C26H36N4O2/c1-4-32-24-10-8-22(9-11-24)6-7-23-14-18-29(19-15-23)26(31)13-12-25-20(2)28-30(21(25)3)17-5-16-27/h8-11,23H,4-7,12-15,17-19H2,1-3H3. The Morgan fingerprint density at radius 2 is 1.91 bits per heavy atom. The van der Waals surface area contributed by atoms with Crippen molar-refractivity contribution in [1.29, 1.82) is 5.26 Å². The van der Waals surface area contributed by atoms with Crippen LogP contribution in [0.3, 0.4) is 0 Å². The molecule has 1 aliphatic rings. The van der Waals surface area contributed by atoms with Crippen LogP contribution in [-0.4, -0.2) is 40.3 Å². The lowest BCUT2D eigenvalue weighted by molar-refractivity contribution is -0.132. The lowest BCUT2D eigenvalue weighted by Gasteiger charge is -2.32. The van der Waals surface area contributed by atoms with E-state index in [-0.39, 0.29) is 5.91 Å². The molecule has 6 nitrogen and oxygen atoms in total. The SMILES string of the molecule is CCOc1ccc(CCC2CCN(C(=O)CCc3c(C)nn(CCC#N)c3C)CC2)cc1. The van der Waals surface area contributed by atoms with Crippen LogP contribution in [-0.2, 0) is 24.2 Å². The van der Waals surface area contributed by atoms with Crippen molar-refractivity contribution in [3.8, 4) is 11.8 Å². The van der Waals surface area contributed by atoms with Crippen molar-refractivity contribution >= 4 is 5.91 Å². The third-order valence-electron chi connectivity index (χ3n) is 6.60. The summed E-state index contributed by atoms with van der Waals surface area (Å²) in [6, 6.07) is 10.6. The van der Waals surface area contributed by atoms with E-state index in [0.717, 1.165) is 61.5 Å². The smallest absolute Gasteiger partial charge is 0.222 e. The van der Waals surface area contributed by atoms with Crippen LogP contribution in [0.25, 0.3) is 0 Å². The first-order valence-electron chi connectivity index (χ1n) is 11.9. The molecule has 1 aliphatic heterocycles. The first-order valence-corrected chi connectivity index (χ1v) is 11.9. The summed E-state index contributed by atoms with van der Waals surface area (Å²) in [4.78, 5) is 14.8. The Kier molecular flexibility index (Phi) is 8.72. The van der Waals surface area contributed by atoms with Gasteiger partial charge < -0.3 is 9.64 Å². The van der Waals surface area contributed by atoms with Gasteiger partial charge in [0.15, 0.2) is 0 Å². The van der Waals surface area contributed by atoms with Crippen LogP contribution in [0.2, 0.25) is 0 Å². The molecular formula is C26H36N4O2. The van der Waals surface area contributed by atoms with Crippen LogP contribution in [0.4, 0.5) is 0 Å². The van der Waals surface area contributed by atoms with Crippen molar-refractivity contribution in [1.82, 2.24) is 14.7 Å². The number of amides is 1. The number of hydrogen-bond acceptors (Lipinski definition) is 4. The second kappa shape index (κ2) is 11.7. The van der Waals surface area contributed by atoms with Gasteiger partial charge in [-0.05, 0) is 82.1 Å². The van der Waals surface area contributed by atoms with Gasteiger partial charge in [0.2, 0.25) is 5.91 Å². The molecule has 2 heterocycles. The van der Waals surface area contributed by atoms with E-state index in [1.807, 2.05) is 30.4 Å². The Bertz CT molecular complexity index is 919. The number of aryl methyl sites for hydroxylation is 3. The first kappa shape index (κ1) is 23.8. The maximum absolute atomic E-state index is 12.8. The molecule has 172 valence electrons. The minimum Gasteiger partial charge on any atom is -0.494 e. The minimum absolute atomic E-state index is 0.249. The van der Waals surface area contributed by atoms with Crippen LogP contribution < -0.4 is 4.74 Å². The molecule has 0 aliphatic carbocycles. The van der Waals surface area contributed by atoms with Crippen molar-refractivity contribution in [2.45, 2.75) is 72.3 Å². The van der Waals surface area contributed by atoms with Gasteiger partial charge in [-0.25, -0.2) is 0 Å². The fourth-order valence-corrected chi connectivity index (χ4v) is 4.62. The predicted octanol–water partition coefficient (Wildman–Crippen LogP) is 4.62. The maximum atomic E-state index is 12.8. The van der Waals surface area contributed by atoms with E-state index in [2.05, 4.69) is 35.4 Å². The molecule has 1 fully saturated rings. The summed E-state index contributed by atoms with van der Waals surface area (Å²) in [5.41, 5.74) is 4.56. The average Bonchev–Trinajstić information content (AvgIpc) is 3.08. The van der Waals surface area contributed by atoms with Gasteiger partial charge in [0.05, 0.1) is 31.3 Å². The monoisotopic (exact) mass is 436 g/mol. The van der Waals surface area contributed by atoms with Crippen molar-refractivity contribution in [2.75, 3.05) is 19.7 Å². The number of nitriles is 1. The zero-order valence-corrected chi connectivity index (χ0v) is 19.8. The normalized spacial score (nSPS) is 14.4. The van der Waals surface area contributed by atoms with E-state index >= 15 is 0 Å². The molecule has 0 saturated carbocycles. The van der Waals surface area contributed by atoms with Gasteiger partial charge in [-0.15, -0.1) is 0 Å². The molecule has 0 atom stereocenters. The molecule has 1 amide bonds. The second-order valence-electron chi connectivity index (χ2n) is 8.72. The fraction of sp³-hybridized carbons (Fsp3) is 0.577. The zero-order valence-electron chi connectivity index (χ0n) is 19.8. The van der Waals surface area contributed by atoms with Gasteiger partial charge in [0.1, 0.15) is 5.75 Å². The molecule has 32 heavy (non-hydrogen) atoms. The van der Waals surface area contributed by atoms with Crippen LogP contribution in [0.1, 0.15) is 61.5 Å². The van der Waals surface area contributed by atoms with E-state index in [0.29, 0.717) is 31.9 Å². The highest BCUT2D eigenvalue weighted by Crippen LogP contribution is 2.24. The summed E-state index contributed by atoms with van der Waals surface area (Å²) < 4.78 is 7.41. The van der Waals surface area contributed by atoms with Crippen LogP contribution >= 0.6 is 0 Å². The molecular weight excluding hydrogens is 400 g/mol. The number of piperidine rings is 1. The molecule has 0 unspecified atom stereocenters. The van der Waals surface area contributed by atoms with Gasteiger partial charge in [-0.2, -0.15) is 10.4 Å². The van der Waals surface area contributed by atoms with Crippen LogP contribution in [0, 0.1) is 31.1 Å². The molecule has 2 aromatic rings. The highest BCUT2D eigenvalue weighted by atomic mass is 16.5. The lowest BCUT2D eigenvalue weighted by atomic mass is 9.90. The number of carbonyl (C=O) groups is 1. The van der Waals surface area contributed by atoms with E-state index in [9.17, 15) is 4.79 Å². The lowest BCUT2D eigenvalue weighted by Crippen LogP contribution is -2.38. The second-order valence-corrected chi connectivity index (χ2v) is 8.72. The third kappa shape index (κ3) is 6.35. The Morgan fingerprint density at radius 3 is 2.56 bits per heavy atom. The highest BCUT2D eigenvalue weighted by molar-refractivity contribution is 5.76. The molecule has 1 saturated heterocycles. The zero-order chi connectivity index (χ0) is 22.9. The summed E-state index contributed by atoms with van der Waals surface area (Å²) in [6.07, 6.45) is 6.15. The first-order chi connectivity index (χ1) is 15.5. The molecule has 3 rings (SSSR count). The van der Waals surface area contributed by atoms with E-state index in [4.69, 9.17) is 10.00 Å². The Labute approximate surface area is 192 Å². The van der Waals surface area contributed by atoms with Crippen molar-refractivity contribution in [2.24, 2.45) is 5.92 Å². The largest absolute Gasteiger partial charge is 0.494 e. The third-order valence-corrected chi connectivity index (χ3v) is 6.60. The number of rotatable bonds is 10. The number of hydrogen-bond donors (Lipinski definition) is 0. The molecule has 0 bridgehead atoms. The Morgan fingerprint density at radius 1 is 1.19 bits per heavy atom. The fourth-order valence-electron chi connectivity index (χ4n) is 4.62. The number of aromatic nitrogens is 2. The van der Waals surface area contributed by atoms with Crippen LogP contribution in [0.15, 0.2) is 24.3 Å². The molecule has 1 aromatic carbocycles. The number of likely N-dealkylation sites (tertiary alicyclic amines) is 1. The quantitative estimate of drug-likeness (QED) is 0.545. The van der Waals surface area contributed by atoms with Crippen molar-refractivity contribution in [3.05, 3.63) is 46.8 Å². The molecule has 6 heteroatoms. The van der Waals surface area contributed by atoms with Gasteiger partial charge in [-0.1, -0.05) is 12.1 Å². The van der Waals surface area contributed by atoms with E-state index < -0.39 is 0 Å². The summed E-state index contributed by atoms with van der Waals surface area (Å²) in [7, 11) is 0. The van der Waals surface area contributed by atoms with Gasteiger partial charge in [-0.3, -0.25) is 9.48 Å². The van der Waals surface area contributed by atoms with Crippen molar-refractivity contribution in [3.63, 3.8) is 0 Å². The van der Waals surface area contributed by atoms with Gasteiger partial charge in [0, 0.05) is 25.2 Å². The summed E-state index contributed by atoms with van der Waals surface area (Å²) in [6.45, 7) is 9.07. The molecule has 1 aromatic heterocycles. The average molecular weight is 437 g/mol. The molecule has 0 radical (unpaired) electrons. The molecule has 0 N–H and O–H groups in total. The summed E-state index contributed by atoms with van der Waals surface area (Å²) in [5.74, 6) is 1.87. The predicted molar refractivity (Wildman–Crippen MR) is 125 cm³/mol. The number of benzene rings is 1. The van der Waals surface area contributed by atoms with Gasteiger partial charge in [0.25, 0.3) is 0 Å². The number of carbonyl (C=O) groups excluding carboxylic acids is 1. The van der Waals surface area contributed by atoms with E-state index in [1.165, 1.54) is 12.0 Å². The highest BCUT2D eigenvalue weighted by Gasteiger charge is 2.23. The Hall–Kier alpha value is -2.81. The number of ether oxygens (including phenoxy) is 1. The molecule has 0 spiro atoms. The van der Waals surface area contributed by atoms with Crippen molar-refractivity contribution < 1.29 is 9.53 Å². The maximum Gasteiger partial charge on any atom is 0.222 e. The van der Waals surface area contributed by atoms with Gasteiger partial charge >= 0.3 is 0 Å². The van der Waals surface area contributed by atoms with E-state index in [1.54, 1.807) is 0 Å². The minimum atomic E-state index is 0.249. The van der Waals surface area contributed by atoms with Crippen LogP contribution in [0.5, 0.6) is 5.75 Å². The topological polar surface area (TPSA) is 71.2 Å². The summed E-state index contributed by atoms with van der Waals surface area (Å²) >= 11 is 0.